The first-order valence-corrected chi connectivity index (χ1v) is 15.2. The van der Waals surface area contributed by atoms with E-state index in [-0.39, 0.29) is 29.1 Å². The fourth-order valence-corrected chi connectivity index (χ4v) is 6.47. The summed E-state index contributed by atoms with van der Waals surface area (Å²) in [7, 11) is 6.14. The van der Waals surface area contributed by atoms with Gasteiger partial charge in [-0.05, 0) is 48.0 Å². The summed E-state index contributed by atoms with van der Waals surface area (Å²) in [6.07, 6.45) is 1.34. The van der Waals surface area contributed by atoms with E-state index in [9.17, 15) is 23.2 Å². The lowest BCUT2D eigenvalue weighted by atomic mass is 10.0. The number of urea groups is 1. The number of fused-ring (bicyclic) bond motifs is 1. The number of rotatable bonds is 10. The molecule has 3 aromatic carbocycles. The minimum atomic E-state index is -0.743. The van der Waals surface area contributed by atoms with Crippen molar-refractivity contribution >= 4 is 39.2 Å². The molecular formula is C34H33F2N5O4S. The molecule has 2 aromatic heterocycles. The van der Waals surface area contributed by atoms with Gasteiger partial charge in [0.15, 0.2) is 0 Å². The van der Waals surface area contributed by atoms with Crippen LogP contribution in [0.25, 0.3) is 20.7 Å². The van der Waals surface area contributed by atoms with E-state index in [0.29, 0.717) is 29.2 Å². The van der Waals surface area contributed by atoms with Crippen molar-refractivity contribution in [1.29, 1.82) is 0 Å². The van der Waals surface area contributed by atoms with E-state index in [1.807, 2.05) is 49.5 Å². The second-order valence-corrected chi connectivity index (χ2v) is 11.7. The van der Waals surface area contributed by atoms with Crippen LogP contribution in [0.2, 0.25) is 0 Å². The second-order valence-electron chi connectivity index (χ2n) is 10.7. The molecule has 12 heteroatoms. The Morgan fingerprint density at radius 1 is 0.913 bits per heavy atom. The molecule has 0 unspecified atom stereocenters. The largest absolute Gasteiger partial charge is 0.341 e. The minimum absolute atomic E-state index is 0.199. The number of amides is 3. The first-order chi connectivity index (χ1) is 22.1. The van der Waals surface area contributed by atoms with Crippen molar-refractivity contribution < 1.29 is 23.2 Å². The van der Waals surface area contributed by atoms with Crippen LogP contribution >= 0.6 is 11.3 Å². The summed E-state index contributed by atoms with van der Waals surface area (Å²) in [6.45, 7) is 0.635. The molecule has 238 valence electrons. The van der Waals surface area contributed by atoms with Crippen LogP contribution in [-0.2, 0) is 24.5 Å². The van der Waals surface area contributed by atoms with E-state index in [1.54, 1.807) is 16.7 Å². The molecule has 46 heavy (non-hydrogen) atoms. The molecule has 0 fully saturated rings. The number of anilines is 1. The maximum absolute atomic E-state index is 14.9. The average Bonchev–Trinajstić information content (AvgIpc) is 3.43. The Bertz CT molecular complexity index is 1920. The molecule has 0 radical (unpaired) electrons. The summed E-state index contributed by atoms with van der Waals surface area (Å²) in [5.74, 6) is -2.18. The van der Waals surface area contributed by atoms with Crippen molar-refractivity contribution in [2.75, 3.05) is 33.6 Å². The summed E-state index contributed by atoms with van der Waals surface area (Å²) >= 11 is 1.29. The van der Waals surface area contributed by atoms with Gasteiger partial charge in [0.1, 0.15) is 22.0 Å². The van der Waals surface area contributed by atoms with Crippen LogP contribution in [0, 0.1) is 11.6 Å². The quantitative estimate of drug-likeness (QED) is 0.180. The van der Waals surface area contributed by atoms with Gasteiger partial charge >= 0.3 is 6.03 Å². The van der Waals surface area contributed by atoms with Crippen LogP contribution < -0.4 is 16.1 Å². The third-order valence-electron chi connectivity index (χ3n) is 7.54. The number of hydrogen-bond acceptors (Lipinski definition) is 6. The van der Waals surface area contributed by atoms with Crippen LogP contribution in [0.3, 0.4) is 0 Å². The monoisotopic (exact) mass is 645 g/mol. The first-order valence-electron chi connectivity index (χ1n) is 14.4. The summed E-state index contributed by atoms with van der Waals surface area (Å²) in [6, 6.07) is 20.3. The minimum Gasteiger partial charge on any atom is -0.341 e. The molecule has 3 amide bonds. The third-order valence-corrected chi connectivity index (χ3v) is 8.86. The SMILES string of the molecule is CNC(=O)Nc1ccc(-c2sc3c(c2CN(C)Cc2ccccc2)c(=O)c(C(=O)N(C)OC)cn3Cc2c(F)cccc2F)cc1. The van der Waals surface area contributed by atoms with E-state index in [0.717, 1.165) is 21.1 Å². The number of carbonyl (C=O) groups excluding carboxylic acids is 2. The number of nitrogens with one attached hydrogen (secondary N) is 2. The molecule has 5 aromatic rings. The number of halogens is 2. The Balaban J connectivity index is 1.73. The van der Waals surface area contributed by atoms with E-state index in [1.165, 1.54) is 56.9 Å². The van der Waals surface area contributed by atoms with Gasteiger partial charge in [-0.25, -0.2) is 18.6 Å². The van der Waals surface area contributed by atoms with Gasteiger partial charge in [0, 0.05) is 49.5 Å². The number of thiophene rings is 1. The number of nitrogens with zero attached hydrogens (tertiary/aromatic N) is 3. The molecule has 0 aliphatic heterocycles. The van der Waals surface area contributed by atoms with Gasteiger partial charge in [0.2, 0.25) is 5.43 Å². The number of hydroxylamine groups is 2. The van der Waals surface area contributed by atoms with Crippen molar-refractivity contribution in [3.8, 4) is 10.4 Å². The normalized spacial score (nSPS) is 11.2. The lowest BCUT2D eigenvalue weighted by Gasteiger charge is -2.19. The van der Waals surface area contributed by atoms with Gasteiger partial charge in [0.05, 0.1) is 19.0 Å². The molecule has 0 saturated carbocycles. The zero-order valence-electron chi connectivity index (χ0n) is 25.8. The molecule has 2 N–H and O–H groups in total. The molecule has 2 heterocycles. The topological polar surface area (TPSA) is 95.9 Å². The number of pyridine rings is 1. The molecule has 0 saturated heterocycles. The van der Waals surface area contributed by atoms with E-state index in [4.69, 9.17) is 4.84 Å². The van der Waals surface area contributed by atoms with Crippen molar-refractivity contribution in [1.82, 2.24) is 19.8 Å². The molecule has 0 atom stereocenters. The average molecular weight is 646 g/mol. The van der Waals surface area contributed by atoms with Gasteiger partial charge in [-0.15, -0.1) is 11.3 Å². The van der Waals surface area contributed by atoms with E-state index >= 15 is 0 Å². The maximum Gasteiger partial charge on any atom is 0.318 e. The Morgan fingerprint density at radius 3 is 2.22 bits per heavy atom. The number of carbonyl (C=O) groups is 2. The Hall–Kier alpha value is -4.91. The fraction of sp³-hybridized carbons (Fsp3) is 0.206. The summed E-state index contributed by atoms with van der Waals surface area (Å²) in [5.41, 5.74) is 2.14. The van der Waals surface area contributed by atoms with Crippen molar-refractivity contribution in [3.05, 3.63) is 123 Å². The number of aromatic nitrogens is 1. The van der Waals surface area contributed by atoms with Gasteiger partial charge in [-0.2, -0.15) is 0 Å². The molecule has 0 aliphatic carbocycles. The van der Waals surface area contributed by atoms with Crippen LogP contribution in [-0.4, -0.2) is 54.7 Å². The highest BCUT2D eigenvalue weighted by Crippen LogP contribution is 2.39. The smallest absolute Gasteiger partial charge is 0.318 e. The zero-order chi connectivity index (χ0) is 33.0. The fourth-order valence-electron chi connectivity index (χ4n) is 5.18. The van der Waals surface area contributed by atoms with Crippen LogP contribution in [0.4, 0.5) is 19.3 Å². The highest BCUT2D eigenvalue weighted by Gasteiger charge is 2.26. The molecule has 5 rings (SSSR count). The molecular weight excluding hydrogens is 612 g/mol. The lowest BCUT2D eigenvalue weighted by molar-refractivity contribution is -0.0758. The Labute approximate surface area is 268 Å². The van der Waals surface area contributed by atoms with Crippen molar-refractivity contribution in [2.45, 2.75) is 19.6 Å². The maximum atomic E-state index is 14.9. The van der Waals surface area contributed by atoms with Gasteiger partial charge in [-0.3, -0.25) is 19.3 Å². The second kappa shape index (κ2) is 14.0. The Morgan fingerprint density at radius 2 is 1.59 bits per heavy atom. The predicted octanol–water partition coefficient (Wildman–Crippen LogP) is 6.07. The predicted molar refractivity (Wildman–Crippen MR) is 176 cm³/mol. The zero-order valence-corrected chi connectivity index (χ0v) is 26.6. The number of hydrogen-bond donors (Lipinski definition) is 2. The highest BCUT2D eigenvalue weighted by molar-refractivity contribution is 7.22. The summed E-state index contributed by atoms with van der Waals surface area (Å²) < 4.78 is 31.3. The van der Waals surface area contributed by atoms with Crippen molar-refractivity contribution in [2.24, 2.45) is 0 Å². The molecule has 0 bridgehead atoms. The summed E-state index contributed by atoms with van der Waals surface area (Å²) in [4.78, 5) is 47.8. The molecule has 9 nitrogen and oxygen atoms in total. The van der Waals surface area contributed by atoms with E-state index < -0.39 is 23.0 Å². The van der Waals surface area contributed by atoms with Gasteiger partial charge in [0.25, 0.3) is 5.91 Å². The highest BCUT2D eigenvalue weighted by atomic mass is 32.1. The van der Waals surface area contributed by atoms with Crippen LogP contribution in [0.5, 0.6) is 0 Å². The number of benzene rings is 3. The summed E-state index contributed by atoms with van der Waals surface area (Å²) in [5, 5.41) is 6.45. The first kappa shape index (κ1) is 32.5. The third kappa shape index (κ3) is 6.84. The standard InChI is InChI=1S/C34H33F2N5O4S/c1-37-34(44)38-23-15-13-22(14-16-23)31-25(18-39(2)17-21-9-6-5-7-10-21)29-30(42)26(32(43)40(3)45-4)20-41(33(29)46-31)19-24-27(35)11-8-12-28(24)36/h5-16,20H,17-19H2,1-4H3,(H2,37,38,44). The van der Waals surface area contributed by atoms with Gasteiger partial charge < -0.3 is 15.2 Å². The molecule has 0 aliphatic rings. The van der Waals surface area contributed by atoms with E-state index in [2.05, 4.69) is 15.5 Å². The van der Waals surface area contributed by atoms with Crippen molar-refractivity contribution in [3.63, 3.8) is 0 Å². The Kier molecular flexibility index (Phi) is 9.90. The van der Waals surface area contributed by atoms with Gasteiger partial charge in [-0.1, -0.05) is 48.5 Å². The van der Waals surface area contributed by atoms with Crippen LogP contribution in [0.1, 0.15) is 27.0 Å². The molecule has 0 spiro atoms. The lowest BCUT2D eigenvalue weighted by Crippen LogP contribution is -2.31. The van der Waals surface area contributed by atoms with Crippen LogP contribution in [0.15, 0.2) is 83.8 Å².